The number of rotatable bonds is 5. The fraction of sp³-hybridized carbons (Fsp3) is 0.214. The minimum Gasteiger partial charge on any atom is -0.382 e. The molecule has 6 heteroatoms. The normalized spacial score (nSPS) is 10.1. The largest absolute Gasteiger partial charge is 0.382 e. The number of nitrogens with one attached hydrogen (secondary N) is 2. The molecule has 1 aromatic carbocycles. The van der Waals surface area contributed by atoms with Crippen molar-refractivity contribution in [2.24, 2.45) is 0 Å². The van der Waals surface area contributed by atoms with Gasteiger partial charge in [0, 0.05) is 18.7 Å². The quantitative estimate of drug-likeness (QED) is 0.711. The van der Waals surface area contributed by atoms with Gasteiger partial charge in [0.25, 0.3) is 5.91 Å². The second kappa shape index (κ2) is 6.51. The van der Waals surface area contributed by atoms with Crippen molar-refractivity contribution in [1.29, 1.82) is 0 Å². The third-order valence-corrected chi connectivity index (χ3v) is 2.68. The third-order valence-electron chi connectivity index (χ3n) is 2.68. The number of benzene rings is 1. The first kappa shape index (κ1) is 13.8. The molecule has 0 bridgehead atoms. The Hall–Kier alpha value is -2.63. The smallest absolute Gasteiger partial charge is 0.251 e. The van der Waals surface area contributed by atoms with Crippen LogP contribution in [0, 0.1) is 6.92 Å². The highest BCUT2D eigenvalue weighted by atomic mass is 16.1. The van der Waals surface area contributed by atoms with E-state index in [1.807, 2.05) is 31.2 Å². The minimum atomic E-state index is -0.0922. The van der Waals surface area contributed by atoms with Crippen LogP contribution in [0.25, 0.3) is 0 Å². The van der Waals surface area contributed by atoms with Gasteiger partial charge in [-0.3, -0.25) is 9.78 Å². The van der Waals surface area contributed by atoms with E-state index in [1.165, 1.54) is 6.20 Å². The Bertz CT molecular complexity index is 582. The molecule has 0 saturated heterocycles. The molecule has 0 radical (unpaired) electrons. The molecule has 1 heterocycles. The molecule has 0 fully saturated rings. The molecule has 6 nitrogen and oxygen atoms in total. The Morgan fingerprint density at radius 2 is 1.95 bits per heavy atom. The lowest BCUT2D eigenvalue weighted by Gasteiger charge is -2.07. The Morgan fingerprint density at radius 3 is 2.65 bits per heavy atom. The van der Waals surface area contributed by atoms with Crippen LogP contribution in [0.5, 0.6) is 0 Å². The standard InChI is InChI=1S/C14H17N5O/c1-10-2-4-11(5-3-10)14(20)18-7-6-17-13-9-16-8-12(15)19-13/h2-5,8-9H,6-7H2,1H3,(H,18,20)(H3,15,17,19). The van der Waals surface area contributed by atoms with Crippen LogP contribution in [0.4, 0.5) is 11.6 Å². The first-order chi connectivity index (χ1) is 9.65. The fourth-order valence-corrected chi connectivity index (χ4v) is 1.64. The van der Waals surface area contributed by atoms with Crippen molar-refractivity contribution in [3.8, 4) is 0 Å². The van der Waals surface area contributed by atoms with Crippen molar-refractivity contribution in [2.45, 2.75) is 6.92 Å². The summed E-state index contributed by atoms with van der Waals surface area (Å²) in [7, 11) is 0. The summed E-state index contributed by atoms with van der Waals surface area (Å²) in [6.45, 7) is 3.02. The fourth-order valence-electron chi connectivity index (χ4n) is 1.64. The van der Waals surface area contributed by atoms with E-state index < -0.39 is 0 Å². The predicted molar refractivity (Wildman–Crippen MR) is 78.4 cm³/mol. The summed E-state index contributed by atoms with van der Waals surface area (Å²) in [6.07, 6.45) is 3.06. The molecule has 1 aromatic heterocycles. The maximum absolute atomic E-state index is 11.8. The number of nitrogens with zero attached hydrogens (tertiary/aromatic N) is 2. The van der Waals surface area contributed by atoms with E-state index >= 15 is 0 Å². The number of nitrogens with two attached hydrogens (primary N) is 1. The van der Waals surface area contributed by atoms with Crippen LogP contribution in [-0.2, 0) is 0 Å². The van der Waals surface area contributed by atoms with Crippen LogP contribution in [0.15, 0.2) is 36.7 Å². The third kappa shape index (κ3) is 3.94. The van der Waals surface area contributed by atoms with Crippen LogP contribution in [0.1, 0.15) is 15.9 Å². The van der Waals surface area contributed by atoms with Crippen LogP contribution in [0.2, 0.25) is 0 Å². The summed E-state index contributed by atoms with van der Waals surface area (Å²) in [5.41, 5.74) is 7.30. The van der Waals surface area contributed by atoms with E-state index in [1.54, 1.807) is 6.20 Å². The second-order valence-electron chi connectivity index (χ2n) is 4.38. The topological polar surface area (TPSA) is 92.9 Å². The highest BCUT2D eigenvalue weighted by molar-refractivity contribution is 5.94. The molecule has 4 N–H and O–H groups in total. The Morgan fingerprint density at radius 1 is 1.20 bits per heavy atom. The van der Waals surface area contributed by atoms with Crippen molar-refractivity contribution < 1.29 is 4.79 Å². The van der Waals surface area contributed by atoms with Gasteiger partial charge in [-0.25, -0.2) is 4.98 Å². The highest BCUT2D eigenvalue weighted by Crippen LogP contribution is 2.03. The number of hydrogen-bond donors (Lipinski definition) is 3. The second-order valence-corrected chi connectivity index (χ2v) is 4.38. The minimum absolute atomic E-state index is 0.0922. The summed E-state index contributed by atoms with van der Waals surface area (Å²) >= 11 is 0. The molecule has 20 heavy (non-hydrogen) atoms. The molecule has 0 aliphatic rings. The lowest BCUT2D eigenvalue weighted by molar-refractivity contribution is 0.0955. The number of aryl methyl sites for hydroxylation is 1. The first-order valence-corrected chi connectivity index (χ1v) is 6.31. The number of carbonyl (C=O) groups excluding carboxylic acids is 1. The van der Waals surface area contributed by atoms with Crippen LogP contribution in [0.3, 0.4) is 0 Å². The molecule has 2 rings (SSSR count). The Labute approximate surface area is 117 Å². The maximum atomic E-state index is 11.8. The van der Waals surface area contributed by atoms with Gasteiger partial charge in [0.05, 0.1) is 12.4 Å². The molecule has 0 aliphatic carbocycles. The number of anilines is 2. The molecular weight excluding hydrogens is 254 g/mol. The van der Waals surface area contributed by atoms with Crippen LogP contribution >= 0.6 is 0 Å². The van der Waals surface area contributed by atoms with E-state index in [-0.39, 0.29) is 5.91 Å². The van der Waals surface area contributed by atoms with Crippen LogP contribution < -0.4 is 16.4 Å². The Balaban J connectivity index is 1.76. The van der Waals surface area contributed by atoms with Crippen molar-refractivity contribution in [3.63, 3.8) is 0 Å². The van der Waals surface area contributed by atoms with Crippen molar-refractivity contribution >= 4 is 17.5 Å². The lowest BCUT2D eigenvalue weighted by atomic mass is 10.1. The van der Waals surface area contributed by atoms with Crippen LogP contribution in [-0.4, -0.2) is 29.0 Å². The number of nitrogen functional groups attached to an aromatic ring is 1. The summed E-state index contributed by atoms with van der Waals surface area (Å²) < 4.78 is 0. The van der Waals surface area contributed by atoms with E-state index in [2.05, 4.69) is 20.6 Å². The van der Waals surface area contributed by atoms with Gasteiger partial charge in [-0.05, 0) is 19.1 Å². The Kier molecular flexibility index (Phi) is 4.49. The lowest BCUT2D eigenvalue weighted by Crippen LogP contribution is -2.28. The van der Waals surface area contributed by atoms with Gasteiger partial charge < -0.3 is 16.4 Å². The van der Waals surface area contributed by atoms with Gasteiger partial charge in [-0.2, -0.15) is 0 Å². The van der Waals surface area contributed by atoms with Crippen molar-refractivity contribution in [2.75, 3.05) is 24.1 Å². The highest BCUT2D eigenvalue weighted by Gasteiger charge is 2.03. The van der Waals surface area contributed by atoms with E-state index in [0.717, 1.165) is 5.56 Å². The molecule has 0 aliphatic heterocycles. The number of aromatic nitrogens is 2. The van der Waals surface area contributed by atoms with Gasteiger partial charge in [-0.15, -0.1) is 0 Å². The molecule has 0 spiro atoms. The number of amides is 1. The average Bonchev–Trinajstić information content (AvgIpc) is 2.44. The average molecular weight is 271 g/mol. The molecule has 104 valence electrons. The van der Waals surface area contributed by atoms with Gasteiger partial charge in [-0.1, -0.05) is 17.7 Å². The van der Waals surface area contributed by atoms with Gasteiger partial charge >= 0.3 is 0 Å². The van der Waals surface area contributed by atoms with E-state index in [0.29, 0.717) is 30.3 Å². The van der Waals surface area contributed by atoms with Gasteiger partial charge in [0.1, 0.15) is 11.6 Å². The molecular formula is C14H17N5O. The van der Waals surface area contributed by atoms with Gasteiger partial charge in [0.15, 0.2) is 0 Å². The van der Waals surface area contributed by atoms with E-state index in [4.69, 9.17) is 5.73 Å². The van der Waals surface area contributed by atoms with Crippen molar-refractivity contribution in [1.82, 2.24) is 15.3 Å². The maximum Gasteiger partial charge on any atom is 0.251 e. The zero-order chi connectivity index (χ0) is 14.4. The predicted octanol–water partition coefficient (Wildman–Crippen LogP) is 1.21. The number of carbonyl (C=O) groups is 1. The molecule has 2 aromatic rings. The summed E-state index contributed by atoms with van der Waals surface area (Å²) in [5, 5.41) is 5.86. The summed E-state index contributed by atoms with van der Waals surface area (Å²) in [5.74, 6) is 0.860. The molecule has 0 saturated carbocycles. The monoisotopic (exact) mass is 271 g/mol. The SMILES string of the molecule is Cc1ccc(C(=O)NCCNc2cncc(N)n2)cc1. The summed E-state index contributed by atoms with van der Waals surface area (Å²) in [4.78, 5) is 19.8. The van der Waals surface area contributed by atoms with Gasteiger partial charge in [0.2, 0.25) is 0 Å². The zero-order valence-corrected chi connectivity index (χ0v) is 11.3. The molecule has 1 amide bonds. The molecule has 0 unspecified atom stereocenters. The first-order valence-electron chi connectivity index (χ1n) is 6.31. The molecule has 0 atom stereocenters. The number of hydrogen-bond acceptors (Lipinski definition) is 5. The zero-order valence-electron chi connectivity index (χ0n) is 11.3. The van der Waals surface area contributed by atoms with Crippen molar-refractivity contribution in [3.05, 3.63) is 47.8 Å². The summed E-state index contributed by atoms with van der Waals surface area (Å²) in [6, 6.07) is 7.44. The van der Waals surface area contributed by atoms with E-state index in [9.17, 15) is 4.79 Å².